The van der Waals surface area contributed by atoms with Crippen LogP contribution in [-0.4, -0.2) is 11.3 Å². The molecule has 0 fully saturated rings. The standard InChI is InChI=1S/C97H42F48N/c1-146-80(58-10-42(50-18-62(82(98,99)100)34-63(19-50)83(101,102)103)6-43(11-58)51-20-64(84(104,105)106)35-65(21-51)85(107,108)109,59-12-44(52-22-66(86(110,111)112)36-67(23-52)87(113,114)115)7-45(13-59)53-24-68(88(116,117)118)37-69(25-53)89(119,120)121)78-4-2-3-5-79(78)81(146,60-14-46(54-26-70(90(122,123)124)38-71(27-54)91(125,126)127)8-47(15-60)55-28-72(92(128,129)130)39-73(29-55)93(131,132)133)61-16-48(56-30-74(94(134,135)136)40-75(31-56)95(137,138)139)9-49(17-61)57-32-76(96(140,141)142)41-77(33-57)97(143,144)145/h2-41H,1H2/q+1. The van der Waals surface area contributed by atoms with Gasteiger partial charge in [0.1, 0.15) is 6.72 Å². The highest BCUT2D eigenvalue weighted by atomic mass is 19.5. The number of alkyl halides is 48. The van der Waals surface area contributed by atoms with Crippen LogP contribution in [0.25, 0.3) is 89.0 Å². The molecule has 1 heterocycles. The predicted octanol–water partition coefficient (Wildman–Crippen LogP) is 36.6. The molecule has 0 saturated carbocycles. The third-order valence-corrected chi connectivity index (χ3v) is 23.3. The molecule has 0 saturated heterocycles. The summed E-state index contributed by atoms with van der Waals surface area (Å²) in [5, 5.41) is 0. The fourth-order valence-electron chi connectivity index (χ4n) is 16.9. The van der Waals surface area contributed by atoms with Gasteiger partial charge in [0.2, 0.25) is 11.1 Å². The Hall–Kier alpha value is -13.8. The normalized spacial score (nSPS) is 14.7. The number of rotatable bonds is 12. The fourth-order valence-corrected chi connectivity index (χ4v) is 16.9. The first-order valence-electron chi connectivity index (χ1n) is 39.9. The Morgan fingerprint density at radius 1 is 0.130 bits per heavy atom. The second-order valence-electron chi connectivity index (χ2n) is 32.9. The maximum Gasteiger partial charge on any atom is 0.416 e. The summed E-state index contributed by atoms with van der Waals surface area (Å²) in [5.41, 5.74) is -86.5. The van der Waals surface area contributed by atoms with Crippen molar-refractivity contribution in [1.29, 1.82) is 0 Å². The minimum Gasteiger partial charge on any atom is -0.206 e. The van der Waals surface area contributed by atoms with Gasteiger partial charge < -0.3 is 0 Å². The van der Waals surface area contributed by atoms with Crippen LogP contribution in [0.2, 0.25) is 0 Å². The van der Waals surface area contributed by atoms with Crippen molar-refractivity contribution in [3.8, 4) is 89.0 Å². The average Bonchev–Trinajstić information content (AvgIpc) is 1.50. The van der Waals surface area contributed by atoms with E-state index in [1.165, 1.54) is 0 Å². The van der Waals surface area contributed by atoms with Crippen molar-refractivity contribution in [3.05, 3.63) is 365 Å². The lowest BCUT2D eigenvalue weighted by Gasteiger charge is -2.36. The first kappa shape index (κ1) is 108. The molecule has 1 nitrogen and oxygen atoms in total. The highest BCUT2D eigenvalue weighted by molar-refractivity contribution is 5.85. The third-order valence-electron chi connectivity index (χ3n) is 23.3. The van der Waals surface area contributed by atoms with Gasteiger partial charge in [0, 0.05) is 33.4 Å². The predicted molar refractivity (Wildman–Crippen MR) is 423 cm³/mol. The maximum absolute atomic E-state index is 15.5. The van der Waals surface area contributed by atoms with Gasteiger partial charge in [-0.15, -0.1) is 0 Å². The molecule has 0 aliphatic carbocycles. The Balaban J connectivity index is 1.37. The quantitative estimate of drug-likeness (QED) is 0.0847. The monoisotopic (exact) mass is 2130 g/mol. The van der Waals surface area contributed by atoms with E-state index in [1.807, 2.05) is 0 Å². The molecule has 0 bridgehead atoms. The number of fused-ring (bicyclic) bond motifs is 1. The molecular formula is C97H42F48N+. The number of benzene rings is 13. The van der Waals surface area contributed by atoms with E-state index < -0.39 is 370 Å². The molecule has 0 amide bonds. The molecule has 1 aliphatic heterocycles. The van der Waals surface area contributed by atoms with E-state index in [-0.39, 0.29) is 174 Å². The van der Waals surface area contributed by atoms with Crippen LogP contribution in [0, 0.1) is 0 Å². The summed E-state index contributed by atoms with van der Waals surface area (Å²) in [7, 11) is 0. The van der Waals surface area contributed by atoms with Gasteiger partial charge in [-0.1, -0.05) is 24.3 Å². The van der Waals surface area contributed by atoms with Crippen molar-refractivity contribution in [2.24, 2.45) is 0 Å². The molecule has 1 aliphatic rings. The van der Waals surface area contributed by atoms with Crippen molar-refractivity contribution < 1.29 is 215 Å². The second kappa shape index (κ2) is 35.2. The van der Waals surface area contributed by atoms with E-state index in [0.717, 1.165) is 0 Å². The number of hydrogen-bond acceptors (Lipinski definition) is 0. The molecule has 13 aromatic carbocycles. The fraction of sp³-hybridized carbons (Fsp3) is 0.186. The van der Waals surface area contributed by atoms with Crippen LogP contribution >= 0.6 is 0 Å². The van der Waals surface area contributed by atoms with E-state index in [1.54, 1.807) is 0 Å². The topological polar surface area (TPSA) is 3.01 Å². The molecule has 13 aromatic rings. The van der Waals surface area contributed by atoms with E-state index in [9.17, 15) is 0 Å². The van der Waals surface area contributed by atoms with Gasteiger partial charge in [-0.05, 0) is 307 Å². The number of halogens is 48. The molecule has 0 radical (unpaired) electrons. The van der Waals surface area contributed by atoms with Gasteiger partial charge in [0.15, 0.2) is 0 Å². The van der Waals surface area contributed by atoms with E-state index in [2.05, 4.69) is 6.72 Å². The first-order chi connectivity index (χ1) is 66.2. The summed E-state index contributed by atoms with van der Waals surface area (Å²) in [4.78, 5) is 0. The molecule has 49 heteroatoms. The summed E-state index contributed by atoms with van der Waals surface area (Å²) < 4.78 is 746. The lowest BCUT2D eigenvalue weighted by molar-refractivity contribution is -0.635. The average molecular weight is 2130 g/mol. The summed E-state index contributed by atoms with van der Waals surface area (Å²) in [5.74, 6) is 0. The first-order valence-corrected chi connectivity index (χ1v) is 39.9. The van der Waals surface area contributed by atoms with Crippen molar-refractivity contribution in [1.82, 2.24) is 0 Å². The van der Waals surface area contributed by atoms with Crippen molar-refractivity contribution in [2.45, 2.75) is 110 Å². The van der Waals surface area contributed by atoms with E-state index in [0.29, 0.717) is 24.3 Å². The smallest absolute Gasteiger partial charge is 0.206 e. The van der Waals surface area contributed by atoms with Crippen LogP contribution in [0.15, 0.2) is 243 Å². The minimum atomic E-state index is -6.19. The van der Waals surface area contributed by atoms with Crippen LogP contribution in [-0.2, 0) is 110 Å². The third kappa shape index (κ3) is 21.6. The van der Waals surface area contributed by atoms with Crippen molar-refractivity contribution >= 4 is 6.72 Å². The molecule has 14 rings (SSSR count). The van der Waals surface area contributed by atoms with Gasteiger partial charge >= 0.3 is 98.8 Å². The lowest BCUT2D eigenvalue weighted by atomic mass is 9.73. The Morgan fingerprint density at radius 2 is 0.219 bits per heavy atom. The van der Waals surface area contributed by atoms with Crippen LogP contribution in [0.1, 0.15) is 122 Å². The lowest BCUT2D eigenvalue weighted by Crippen LogP contribution is -2.46. The van der Waals surface area contributed by atoms with Crippen molar-refractivity contribution in [3.63, 3.8) is 0 Å². The zero-order chi connectivity index (χ0) is 109. The maximum atomic E-state index is 15.5. The molecular weight excluding hydrogens is 2090 g/mol. The Kier molecular flexibility index (Phi) is 26.0. The van der Waals surface area contributed by atoms with Gasteiger partial charge in [-0.2, -0.15) is 211 Å². The highest BCUT2D eigenvalue weighted by Gasteiger charge is 2.67. The summed E-state index contributed by atoms with van der Waals surface area (Å²) in [6.07, 6.45) is -99.0. The second-order valence-corrected chi connectivity index (χ2v) is 32.9. The minimum absolute atomic E-state index is 0.0434. The Morgan fingerprint density at radius 3 is 0.308 bits per heavy atom. The molecule has 146 heavy (non-hydrogen) atoms. The highest BCUT2D eigenvalue weighted by Crippen LogP contribution is 2.63. The van der Waals surface area contributed by atoms with Crippen molar-refractivity contribution in [2.75, 3.05) is 0 Å². The van der Waals surface area contributed by atoms with Gasteiger partial charge in [0.25, 0.3) is 0 Å². The molecule has 0 unspecified atom stereocenters. The summed E-state index contributed by atoms with van der Waals surface area (Å²) in [6, 6.07) is -9.28. The van der Waals surface area contributed by atoms with Crippen LogP contribution in [0.3, 0.4) is 0 Å². The summed E-state index contributed by atoms with van der Waals surface area (Å²) in [6.45, 7) is 4.08. The molecule has 0 aromatic heterocycles. The van der Waals surface area contributed by atoms with Crippen LogP contribution in [0.4, 0.5) is 211 Å². The van der Waals surface area contributed by atoms with Gasteiger partial charge in [0.05, 0.1) is 89.0 Å². The molecule has 0 spiro atoms. The number of hydrogen-bond donors (Lipinski definition) is 0. The Labute approximate surface area is 783 Å². The largest absolute Gasteiger partial charge is 0.416 e. The molecule has 0 atom stereocenters. The SMILES string of the molecule is C=[N+]1C(c2cc(-c3cc(C(F)(F)F)cc(C(F)(F)F)c3)cc(-c3cc(C(F)(F)F)cc(C(F)(F)F)c3)c2)(c2cc(-c3cc(C(F)(F)F)cc(C(F)(F)F)c3)cc(-c3cc(C(F)(F)F)cc(C(F)(F)F)c3)c2)c2ccccc2C1(c1cc(-c2cc(C(F)(F)F)cc(C(F)(F)F)c2)cc(-c2cc(C(F)(F)F)cc(C(F)(F)F)c2)c1)c1cc(-c2cc(C(F)(F)F)cc(C(F)(F)F)c2)cc(-c2cc(C(F)(F)F)cc(C(F)(F)F)c2)c1. The van der Waals surface area contributed by atoms with Crippen LogP contribution < -0.4 is 0 Å². The number of nitrogens with zero attached hydrogens (tertiary/aromatic N) is 1. The van der Waals surface area contributed by atoms with E-state index >= 15 is 211 Å². The molecule has 0 N–H and O–H groups in total. The van der Waals surface area contributed by atoms with Crippen LogP contribution in [0.5, 0.6) is 0 Å². The van der Waals surface area contributed by atoms with Gasteiger partial charge in [-0.3, -0.25) is 0 Å². The summed E-state index contributed by atoms with van der Waals surface area (Å²) >= 11 is 0. The zero-order valence-corrected chi connectivity index (χ0v) is 70.4. The van der Waals surface area contributed by atoms with Gasteiger partial charge in [-0.25, -0.2) is 4.58 Å². The zero-order valence-electron chi connectivity index (χ0n) is 70.4. The molecule has 770 valence electrons. The van der Waals surface area contributed by atoms with E-state index in [4.69, 9.17) is 0 Å². The Bertz CT molecular complexity index is 5870.